The van der Waals surface area contributed by atoms with Crippen LogP contribution in [0.5, 0.6) is 0 Å². The van der Waals surface area contributed by atoms with Crippen molar-refractivity contribution in [2.45, 2.75) is 102 Å². The van der Waals surface area contributed by atoms with Crippen molar-refractivity contribution < 1.29 is 88.5 Å². The number of aromatic nitrogens is 4. The van der Waals surface area contributed by atoms with Crippen molar-refractivity contribution >= 4 is 65.5 Å². The number of nitrogens with two attached hydrogens (primary N) is 1. The molecule has 2 aromatic rings. The van der Waals surface area contributed by atoms with Gasteiger partial charge in [0.1, 0.15) is 63.0 Å². The molecule has 2 rings (SSSR count). The first-order valence-corrected chi connectivity index (χ1v) is 21.0. The highest BCUT2D eigenvalue weighted by atomic mass is 16.4. The van der Waals surface area contributed by atoms with Gasteiger partial charge in [-0.25, -0.2) is 24.4 Å². The molecule has 5 amide bonds. The molecule has 68 heavy (non-hydrogen) atoms. The van der Waals surface area contributed by atoms with E-state index in [1.807, 2.05) is 10.2 Å². The number of nitrogens with one attached hydrogen (secondary N) is 3. The Kier molecular flexibility index (Phi) is 24.1. The van der Waals surface area contributed by atoms with Gasteiger partial charge in [-0.3, -0.25) is 43.3 Å². The summed E-state index contributed by atoms with van der Waals surface area (Å²) in [5.74, 6) is -11.4. The van der Waals surface area contributed by atoms with E-state index in [0.29, 0.717) is 53.6 Å². The standard InChI is InChI=1S/C39H57N11O18/c40-24(36(63)43-10-4-1-2-7-25(37(64)65)44-39(68)45-26(38(66)67)8-9-31(53)54)6-3-5-13-46(16-27-41-11-14-47(27)18-29(51)49(20-32(55)56)21-33(57)58)17-28-42-12-15-48(28)19-30(52)50(22-34(59)60)23-35(61)62/h11-12,14-15,24-26H,1-10,13,16-23,40H2,(H,43,63)(H,53,54)(H,55,56)(H,57,58)(H,59,60)(H,61,62)(H,64,65)(H,66,67)(H2,44,45,68)/t24-,25-,26-/m0/s1. The summed E-state index contributed by atoms with van der Waals surface area (Å²) in [5, 5.41) is 71.2. The lowest BCUT2D eigenvalue weighted by molar-refractivity contribution is -0.150. The lowest BCUT2D eigenvalue weighted by Crippen LogP contribution is -2.51. The molecule has 376 valence electrons. The van der Waals surface area contributed by atoms with Gasteiger partial charge in [-0.1, -0.05) is 19.3 Å². The van der Waals surface area contributed by atoms with Gasteiger partial charge in [0.05, 0.1) is 19.1 Å². The molecule has 0 aliphatic rings. The van der Waals surface area contributed by atoms with Gasteiger partial charge in [-0.05, 0) is 38.6 Å². The third-order valence-electron chi connectivity index (χ3n) is 9.85. The fourth-order valence-corrected chi connectivity index (χ4v) is 6.46. The summed E-state index contributed by atoms with van der Waals surface area (Å²) in [6.07, 6.45) is 6.83. The predicted molar refractivity (Wildman–Crippen MR) is 227 cm³/mol. The van der Waals surface area contributed by atoms with Crippen LogP contribution in [0.25, 0.3) is 0 Å². The van der Waals surface area contributed by atoms with Crippen molar-refractivity contribution in [2.24, 2.45) is 5.73 Å². The van der Waals surface area contributed by atoms with E-state index in [9.17, 15) is 83.4 Å². The first-order valence-electron chi connectivity index (χ1n) is 21.0. The van der Waals surface area contributed by atoms with Crippen LogP contribution < -0.4 is 21.7 Å². The van der Waals surface area contributed by atoms with Crippen molar-refractivity contribution in [2.75, 3.05) is 39.3 Å². The van der Waals surface area contributed by atoms with Crippen molar-refractivity contribution in [1.29, 1.82) is 0 Å². The third kappa shape index (κ3) is 22.0. The van der Waals surface area contributed by atoms with Crippen LogP contribution >= 0.6 is 0 Å². The number of carboxylic acid groups (broad SMARTS) is 7. The maximum atomic E-state index is 13.0. The SMILES string of the molecule is N[C@@H](CCCCN(Cc1nccn1CC(=O)N(CC(=O)O)CC(=O)O)Cc1nccn1CC(=O)N(CC(=O)O)CC(=O)O)C(=O)NCCCCC[C@H](NC(=O)N[C@@H](CCC(=O)O)C(=O)O)C(=O)O. The molecule has 12 N–H and O–H groups in total. The maximum absolute atomic E-state index is 13.0. The van der Waals surface area contributed by atoms with E-state index in [-0.39, 0.29) is 39.0 Å². The van der Waals surface area contributed by atoms with Crippen molar-refractivity contribution in [3.63, 3.8) is 0 Å². The largest absolute Gasteiger partial charge is 0.481 e. The highest BCUT2D eigenvalue weighted by molar-refractivity contribution is 5.87. The van der Waals surface area contributed by atoms with E-state index in [4.69, 9.17) is 10.8 Å². The molecule has 0 spiro atoms. The molecule has 0 bridgehead atoms. The fraction of sp³-hybridized carbons (Fsp3) is 0.564. The van der Waals surface area contributed by atoms with Gasteiger partial charge in [0.2, 0.25) is 17.7 Å². The molecular formula is C39H57N11O18. The van der Waals surface area contributed by atoms with Gasteiger partial charge in [0.15, 0.2) is 0 Å². The van der Waals surface area contributed by atoms with Crippen LogP contribution in [-0.2, 0) is 74.1 Å². The highest BCUT2D eigenvalue weighted by Gasteiger charge is 2.26. The Labute approximate surface area is 386 Å². The van der Waals surface area contributed by atoms with Crippen LogP contribution in [0.2, 0.25) is 0 Å². The van der Waals surface area contributed by atoms with Gasteiger partial charge in [0.25, 0.3) is 0 Å². The minimum atomic E-state index is -1.55. The van der Waals surface area contributed by atoms with Gasteiger partial charge in [-0.15, -0.1) is 0 Å². The molecule has 2 aromatic heterocycles. The monoisotopic (exact) mass is 967 g/mol. The summed E-state index contributed by atoms with van der Waals surface area (Å²) in [5.41, 5.74) is 6.15. The van der Waals surface area contributed by atoms with Gasteiger partial charge >= 0.3 is 47.8 Å². The number of carbonyl (C=O) groups excluding carboxylic acids is 4. The number of hydrogen-bond donors (Lipinski definition) is 11. The Hall–Kier alpha value is -7.69. The number of unbranched alkanes of at least 4 members (excludes halogenated alkanes) is 3. The third-order valence-corrected chi connectivity index (χ3v) is 9.85. The number of imidazole rings is 2. The average molecular weight is 968 g/mol. The summed E-state index contributed by atoms with van der Waals surface area (Å²) >= 11 is 0. The zero-order valence-electron chi connectivity index (χ0n) is 36.8. The molecule has 0 aromatic carbocycles. The predicted octanol–water partition coefficient (Wildman–Crippen LogP) is -2.68. The van der Waals surface area contributed by atoms with E-state index in [2.05, 4.69) is 20.6 Å². The minimum absolute atomic E-state index is 0.0197. The number of rotatable bonds is 35. The molecule has 0 saturated carbocycles. The van der Waals surface area contributed by atoms with Gasteiger partial charge in [-0.2, -0.15) is 0 Å². The van der Waals surface area contributed by atoms with Crippen molar-refractivity contribution in [1.82, 2.24) is 49.8 Å². The van der Waals surface area contributed by atoms with Crippen LogP contribution in [0.4, 0.5) is 4.79 Å². The normalized spacial score (nSPS) is 12.3. The number of carboxylic acids is 7. The number of urea groups is 1. The first-order chi connectivity index (χ1) is 32.1. The quantitative estimate of drug-likeness (QED) is 0.0314. The topological polar surface area (TPSA) is 437 Å². The van der Waals surface area contributed by atoms with E-state index in [1.54, 1.807) is 0 Å². The van der Waals surface area contributed by atoms with E-state index >= 15 is 0 Å². The number of amides is 5. The maximum Gasteiger partial charge on any atom is 0.326 e. The van der Waals surface area contributed by atoms with Gasteiger partial charge in [0, 0.05) is 37.8 Å². The van der Waals surface area contributed by atoms with Crippen LogP contribution in [-0.4, -0.2) is 192 Å². The lowest BCUT2D eigenvalue weighted by Gasteiger charge is -2.24. The van der Waals surface area contributed by atoms with Crippen LogP contribution in [0, 0.1) is 0 Å². The number of nitrogens with zero attached hydrogens (tertiary/aromatic N) is 7. The summed E-state index contributed by atoms with van der Waals surface area (Å²) in [6, 6.07) is -4.95. The minimum Gasteiger partial charge on any atom is -0.481 e. The summed E-state index contributed by atoms with van der Waals surface area (Å²) in [6.45, 7) is -3.88. The first kappa shape index (κ1) is 56.4. The molecule has 0 radical (unpaired) electrons. The molecule has 0 unspecified atom stereocenters. The Morgan fingerprint density at radius 3 is 1.44 bits per heavy atom. The Balaban J connectivity index is 2.03. The lowest BCUT2D eigenvalue weighted by atomic mass is 10.1. The smallest absolute Gasteiger partial charge is 0.326 e. The van der Waals surface area contributed by atoms with Crippen LogP contribution in [0.15, 0.2) is 24.8 Å². The molecule has 29 heteroatoms. The molecule has 3 atom stereocenters. The molecule has 0 aliphatic carbocycles. The summed E-state index contributed by atoms with van der Waals surface area (Å²) < 4.78 is 2.79. The molecule has 0 aliphatic heterocycles. The second-order valence-electron chi connectivity index (χ2n) is 15.3. The van der Waals surface area contributed by atoms with E-state index in [1.165, 1.54) is 33.9 Å². The Bertz CT molecular complexity index is 1970. The number of hydrogen-bond acceptors (Lipinski definition) is 15. The van der Waals surface area contributed by atoms with Crippen LogP contribution in [0.3, 0.4) is 0 Å². The number of aliphatic carboxylic acids is 7. The average Bonchev–Trinajstić information content (AvgIpc) is 3.87. The Morgan fingerprint density at radius 1 is 0.574 bits per heavy atom. The summed E-state index contributed by atoms with van der Waals surface area (Å²) in [4.78, 5) is 142. The molecule has 0 saturated heterocycles. The zero-order chi connectivity index (χ0) is 50.9. The van der Waals surface area contributed by atoms with E-state index < -0.39 is 136 Å². The molecule has 2 heterocycles. The fourth-order valence-electron chi connectivity index (χ4n) is 6.46. The molecule has 29 nitrogen and oxygen atoms in total. The molecular weight excluding hydrogens is 910 g/mol. The van der Waals surface area contributed by atoms with Gasteiger partial charge < -0.3 is 76.4 Å². The highest BCUT2D eigenvalue weighted by Crippen LogP contribution is 2.13. The van der Waals surface area contributed by atoms with E-state index in [0.717, 1.165) is 0 Å². The van der Waals surface area contributed by atoms with Crippen molar-refractivity contribution in [3.8, 4) is 0 Å². The second kappa shape index (κ2) is 29.1. The second-order valence-corrected chi connectivity index (χ2v) is 15.3. The van der Waals surface area contributed by atoms with Crippen LogP contribution in [0.1, 0.15) is 69.4 Å². The number of carbonyl (C=O) groups is 11. The Morgan fingerprint density at radius 2 is 1.01 bits per heavy atom. The zero-order valence-corrected chi connectivity index (χ0v) is 36.8. The molecule has 0 fully saturated rings. The summed E-state index contributed by atoms with van der Waals surface area (Å²) in [7, 11) is 0. The van der Waals surface area contributed by atoms with Crippen molar-refractivity contribution in [3.05, 3.63) is 36.4 Å².